The number of amides is 1. The zero-order valence-electron chi connectivity index (χ0n) is 12.3. The van der Waals surface area contributed by atoms with Crippen molar-refractivity contribution in [3.63, 3.8) is 0 Å². The van der Waals surface area contributed by atoms with Crippen LogP contribution < -0.4 is 5.32 Å². The first-order valence-corrected chi connectivity index (χ1v) is 7.66. The number of rotatable bonds is 3. The highest BCUT2D eigenvalue weighted by molar-refractivity contribution is 5.90. The summed E-state index contributed by atoms with van der Waals surface area (Å²) in [4.78, 5) is 22.8. The molecule has 1 aliphatic carbocycles. The Morgan fingerprint density at radius 1 is 1.43 bits per heavy atom. The summed E-state index contributed by atoms with van der Waals surface area (Å²) < 4.78 is 0. The van der Waals surface area contributed by atoms with Gasteiger partial charge in [0.25, 0.3) is 5.91 Å². The van der Waals surface area contributed by atoms with E-state index in [-0.39, 0.29) is 23.9 Å². The van der Waals surface area contributed by atoms with Gasteiger partial charge in [0.05, 0.1) is 6.10 Å². The lowest BCUT2D eigenvalue weighted by Gasteiger charge is -2.29. The maximum absolute atomic E-state index is 12.3. The second kappa shape index (κ2) is 6.07. The van der Waals surface area contributed by atoms with E-state index >= 15 is 0 Å². The van der Waals surface area contributed by atoms with E-state index in [2.05, 4.69) is 20.2 Å². The summed E-state index contributed by atoms with van der Waals surface area (Å²) >= 11 is 0. The molecule has 1 saturated heterocycles. The van der Waals surface area contributed by atoms with Crippen LogP contribution in [0, 0.1) is 6.92 Å². The summed E-state index contributed by atoms with van der Waals surface area (Å²) in [5, 5.41) is 12.8. The van der Waals surface area contributed by atoms with E-state index in [0.29, 0.717) is 6.04 Å². The maximum Gasteiger partial charge on any atom is 0.289 e. The first-order chi connectivity index (χ1) is 10.1. The third-order valence-corrected chi connectivity index (χ3v) is 4.46. The molecule has 2 fully saturated rings. The highest BCUT2D eigenvalue weighted by atomic mass is 16.3. The lowest BCUT2D eigenvalue weighted by molar-refractivity contribution is 0.0895. The Bertz CT molecular complexity index is 522. The van der Waals surface area contributed by atoms with Crippen LogP contribution in [0.3, 0.4) is 0 Å². The number of hydrogen-bond acceptors (Lipinski definition) is 5. The number of nitrogens with one attached hydrogen (secondary N) is 1. The van der Waals surface area contributed by atoms with Crippen LogP contribution in [0.4, 0.5) is 0 Å². The largest absolute Gasteiger partial charge is 0.392 e. The molecule has 2 heterocycles. The van der Waals surface area contributed by atoms with Crippen LogP contribution >= 0.6 is 0 Å². The average Bonchev–Trinajstić information content (AvgIpc) is 3.07. The summed E-state index contributed by atoms with van der Waals surface area (Å²) in [6.45, 7) is 3.49. The molecule has 2 aliphatic rings. The molecule has 21 heavy (non-hydrogen) atoms. The van der Waals surface area contributed by atoms with E-state index in [4.69, 9.17) is 0 Å². The number of aliphatic hydroxyl groups excluding tert-OH is 1. The van der Waals surface area contributed by atoms with Crippen molar-refractivity contribution in [2.75, 3.05) is 13.1 Å². The van der Waals surface area contributed by atoms with Crippen molar-refractivity contribution < 1.29 is 9.90 Å². The van der Waals surface area contributed by atoms with Gasteiger partial charge in [0.15, 0.2) is 0 Å². The SMILES string of the molecule is Cc1ccnc(C(=O)N[C@@H]2CCC[C@@H]2N2CCC(O)C2)n1. The normalized spacial score (nSPS) is 29.7. The molecule has 1 aromatic heterocycles. The first-order valence-electron chi connectivity index (χ1n) is 7.66. The Labute approximate surface area is 124 Å². The van der Waals surface area contributed by atoms with Crippen molar-refractivity contribution in [2.24, 2.45) is 0 Å². The van der Waals surface area contributed by atoms with Gasteiger partial charge in [-0.25, -0.2) is 9.97 Å². The van der Waals surface area contributed by atoms with E-state index in [9.17, 15) is 9.90 Å². The Balaban J connectivity index is 1.64. The van der Waals surface area contributed by atoms with Gasteiger partial charge in [-0.15, -0.1) is 0 Å². The zero-order valence-corrected chi connectivity index (χ0v) is 12.3. The van der Waals surface area contributed by atoms with Crippen molar-refractivity contribution in [1.82, 2.24) is 20.2 Å². The smallest absolute Gasteiger partial charge is 0.289 e. The van der Waals surface area contributed by atoms with Crippen LogP contribution in [0.1, 0.15) is 42.0 Å². The van der Waals surface area contributed by atoms with Gasteiger partial charge in [-0.05, 0) is 38.7 Å². The molecule has 0 spiro atoms. The number of likely N-dealkylation sites (tertiary alicyclic amines) is 1. The van der Waals surface area contributed by atoms with Crippen LogP contribution in [0.5, 0.6) is 0 Å². The molecule has 2 N–H and O–H groups in total. The second-order valence-corrected chi connectivity index (χ2v) is 6.04. The Morgan fingerprint density at radius 3 is 3.00 bits per heavy atom. The Hall–Kier alpha value is -1.53. The Kier molecular flexibility index (Phi) is 4.17. The topological polar surface area (TPSA) is 78.4 Å². The highest BCUT2D eigenvalue weighted by Gasteiger charge is 2.36. The molecule has 6 nitrogen and oxygen atoms in total. The monoisotopic (exact) mass is 290 g/mol. The highest BCUT2D eigenvalue weighted by Crippen LogP contribution is 2.27. The van der Waals surface area contributed by atoms with E-state index in [1.54, 1.807) is 12.3 Å². The van der Waals surface area contributed by atoms with Gasteiger partial charge in [0, 0.05) is 37.1 Å². The van der Waals surface area contributed by atoms with Gasteiger partial charge >= 0.3 is 0 Å². The minimum atomic E-state index is -0.220. The molecular weight excluding hydrogens is 268 g/mol. The lowest BCUT2D eigenvalue weighted by atomic mass is 10.1. The van der Waals surface area contributed by atoms with Crippen molar-refractivity contribution in [3.8, 4) is 0 Å². The van der Waals surface area contributed by atoms with Gasteiger partial charge in [0.1, 0.15) is 0 Å². The fraction of sp³-hybridized carbons (Fsp3) is 0.667. The lowest BCUT2D eigenvalue weighted by Crippen LogP contribution is -2.48. The molecule has 114 valence electrons. The fourth-order valence-corrected chi connectivity index (χ4v) is 3.41. The van der Waals surface area contributed by atoms with Gasteiger partial charge in [-0.1, -0.05) is 0 Å². The number of carbonyl (C=O) groups is 1. The standard InChI is InChI=1S/C15H22N4O2/c1-10-5-7-16-14(17-10)15(21)18-12-3-2-4-13(12)19-8-6-11(20)9-19/h5,7,11-13,20H,2-4,6,8-9H2,1H3,(H,18,21)/t11?,12-,13+/m1/s1. The van der Waals surface area contributed by atoms with Crippen molar-refractivity contribution >= 4 is 5.91 Å². The van der Waals surface area contributed by atoms with Gasteiger partial charge < -0.3 is 10.4 Å². The summed E-state index contributed by atoms with van der Waals surface area (Å²) in [7, 11) is 0. The maximum atomic E-state index is 12.3. The summed E-state index contributed by atoms with van der Waals surface area (Å²) in [6.07, 6.45) is 5.39. The van der Waals surface area contributed by atoms with Crippen LogP contribution in [-0.4, -0.2) is 57.2 Å². The number of aliphatic hydroxyl groups is 1. The van der Waals surface area contributed by atoms with E-state index in [1.807, 2.05) is 6.92 Å². The minimum absolute atomic E-state index is 0.131. The zero-order chi connectivity index (χ0) is 14.8. The van der Waals surface area contributed by atoms with E-state index in [0.717, 1.165) is 44.5 Å². The third-order valence-electron chi connectivity index (χ3n) is 4.46. The second-order valence-electron chi connectivity index (χ2n) is 6.04. The summed E-state index contributed by atoms with van der Waals surface area (Å²) in [5.41, 5.74) is 0.792. The Morgan fingerprint density at radius 2 is 2.29 bits per heavy atom. The molecule has 0 radical (unpaired) electrons. The van der Waals surface area contributed by atoms with Crippen molar-refractivity contribution in [1.29, 1.82) is 0 Å². The van der Waals surface area contributed by atoms with Crippen LogP contribution in [0.2, 0.25) is 0 Å². The summed E-state index contributed by atoms with van der Waals surface area (Å²) in [6, 6.07) is 2.24. The molecule has 0 aromatic carbocycles. The van der Waals surface area contributed by atoms with Gasteiger partial charge in [0.2, 0.25) is 5.82 Å². The number of aryl methyl sites for hydroxylation is 1. The number of hydrogen-bond donors (Lipinski definition) is 2. The molecule has 0 bridgehead atoms. The molecule has 1 amide bonds. The van der Waals surface area contributed by atoms with Crippen LogP contribution in [0.25, 0.3) is 0 Å². The number of β-amino-alcohol motifs (C(OH)–C–C–N with tert-alkyl or cyclic N) is 1. The number of nitrogens with zero attached hydrogens (tertiary/aromatic N) is 3. The molecule has 1 unspecified atom stereocenters. The van der Waals surface area contributed by atoms with Gasteiger partial charge in [-0.3, -0.25) is 9.69 Å². The molecule has 1 aliphatic heterocycles. The quantitative estimate of drug-likeness (QED) is 0.847. The molecule has 1 saturated carbocycles. The van der Waals surface area contributed by atoms with Crippen molar-refractivity contribution in [2.45, 2.75) is 50.8 Å². The van der Waals surface area contributed by atoms with E-state index in [1.165, 1.54) is 0 Å². The number of carbonyl (C=O) groups excluding carboxylic acids is 1. The molecule has 6 heteroatoms. The molecule has 1 aromatic rings. The minimum Gasteiger partial charge on any atom is -0.392 e. The molecular formula is C15H22N4O2. The molecule has 3 atom stereocenters. The predicted octanol–water partition coefficient (Wildman–Crippen LogP) is 0.503. The van der Waals surface area contributed by atoms with Crippen LogP contribution in [-0.2, 0) is 0 Å². The van der Waals surface area contributed by atoms with Gasteiger partial charge in [-0.2, -0.15) is 0 Å². The van der Waals surface area contributed by atoms with E-state index < -0.39 is 0 Å². The molecule has 3 rings (SSSR count). The fourth-order valence-electron chi connectivity index (χ4n) is 3.41. The third kappa shape index (κ3) is 3.22. The first kappa shape index (κ1) is 14.4. The van der Waals surface area contributed by atoms with Crippen molar-refractivity contribution in [3.05, 3.63) is 23.8 Å². The average molecular weight is 290 g/mol. The summed E-state index contributed by atoms with van der Waals surface area (Å²) in [5.74, 6) is 0.0393. The number of aromatic nitrogens is 2. The predicted molar refractivity (Wildman–Crippen MR) is 77.9 cm³/mol. The van der Waals surface area contributed by atoms with Crippen LogP contribution in [0.15, 0.2) is 12.3 Å².